The fraction of sp³-hybridized carbons (Fsp3) is 0.222. The lowest BCUT2D eigenvalue weighted by atomic mass is 10.2. The van der Waals surface area contributed by atoms with E-state index in [9.17, 15) is 9.59 Å². The minimum Gasteiger partial charge on any atom is -0.496 e. The summed E-state index contributed by atoms with van der Waals surface area (Å²) in [6, 6.07) is 9.98. The minimum absolute atomic E-state index is 0.0274. The standard InChI is InChI=1S/C18H16I2O6/c1-23-15-5-3-11(9-13(15)19)17(21)25-7-8-26-18(22)12-4-6-16(24-2)14(20)10-12/h3-6,9-10H,7-8H2,1-2H3. The molecule has 0 aliphatic rings. The zero-order valence-corrected chi connectivity index (χ0v) is 18.4. The molecule has 0 radical (unpaired) electrons. The molecule has 0 bridgehead atoms. The predicted octanol–water partition coefficient (Wildman–Crippen LogP) is 3.93. The Labute approximate surface area is 178 Å². The third-order valence-corrected chi connectivity index (χ3v) is 5.01. The van der Waals surface area contributed by atoms with Crippen LogP contribution in [-0.2, 0) is 9.47 Å². The van der Waals surface area contributed by atoms with Gasteiger partial charge in [0.15, 0.2) is 0 Å². The van der Waals surface area contributed by atoms with Gasteiger partial charge in [-0.2, -0.15) is 0 Å². The number of hydrogen-bond donors (Lipinski definition) is 0. The first-order valence-corrected chi connectivity index (χ1v) is 9.63. The smallest absolute Gasteiger partial charge is 0.338 e. The molecule has 2 aromatic rings. The number of carbonyl (C=O) groups is 2. The van der Waals surface area contributed by atoms with Gasteiger partial charge in [0.2, 0.25) is 0 Å². The Bertz CT molecular complexity index is 739. The number of hydrogen-bond acceptors (Lipinski definition) is 6. The summed E-state index contributed by atoms with van der Waals surface area (Å²) >= 11 is 4.15. The van der Waals surface area contributed by atoms with Crippen LogP contribution in [0, 0.1) is 7.14 Å². The monoisotopic (exact) mass is 582 g/mol. The summed E-state index contributed by atoms with van der Waals surface area (Å²) in [6.45, 7) is -0.0547. The van der Waals surface area contributed by atoms with Crippen LogP contribution >= 0.6 is 45.2 Å². The van der Waals surface area contributed by atoms with Crippen molar-refractivity contribution in [3.8, 4) is 11.5 Å². The molecule has 0 N–H and O–H groups in total. The van der Waals surface area contributed by atoms with E-state index in [1.165, 1.54) is 0 Å². The van der Waals surface area contributed by atoms with Crippen molar-refractivity contribution in [2.75, 3.05) is 27.4 Å². The van der Waals surface area contributed by atoms with Crippen molar-refractivity contribution in [3.05, 3.63) is 54.7 Å². The van der Waals surface area contributed by atoms with E-state index >= 15 is 0 Å². The Balaban J connectivity index is 1.82. The van der Waals surface area contributed by atoms with Crippen molar-refractivity contribution in [1.82, 2.24) is 0 Å². The summed E-state index contributed by atoms with van der Waals surface area (Å²) in [7, 11) is 3.13. The van der Waals surface area contributed by atoms with Crippen LogP contribution in [0.3, 0.4) is 0 Å². The SMILES string of the molecule is COc1ccc(C(=O)OCCOC(=O)c2ccc(OC)c(I)c2)cc1I. The van der Waals surface area contributed by atoms with E-state index in [2.05, 4.69) is 45.2 Å². The van der Waals surface area contributed by atoms with Gasteiger partial charge < -0.3 is 18.9 Å². The van der Waals surface area contributed by atoms with Crippen LogP contribution in [0.4, 0.5) is 0 Å². The molecule has 0 unspecified atom stereocenters. The maximum atomic E-state index is 12.0. The Morgan fingerprint density at radius 2 is 1.15 bits per heavy atom. The second kappa shape index (κ2) is 9.95. The number of carbonyl (C=O) groups excluding carboxylic acids is 2. The van der Waals surface area contributed by atoms with Crippen LogP contribution in [0.1, 0.15) is 20.7 Å². The molecular formula is C18H16I2O6. The number of methoxy groups -OCH3 is 2. The molecule has 0 spiro atoms. The lowest BCUT2D eigenvalue weighted by Gasteiger charge is -2.09. The predicted molar refractivity (Wildman–Crippen MR) is 112 cm³/mol. The highest BCUT2D eigenvalue weighted by Crippen LogP contribution is 2.23. The van der Waals surface area contributed by atoms with Crippen LogP contribution in [0.5, 0.6) is 11.5 Å². The average molecular weight is 582 g/mol. The fourth-order valence-corrected chi connectivity index (χ4v) is 3.49. The summed E-state index contributed by atoms with van der Waals surface area (Å²) in [5.74, 6) is 0.400. The number of benzene rings is 2. The highest BCUT2D eigenvalue weighted by atomic mass is 127. The second-order valence-corrected chi connectivity index (χ2v) is 7.29. The van der Waals surface area contributed by atoms with Gasteiger partial charge in [0.05, 0.1) is 32.5 Å². The van der Waals surface area contributed by atoms with E-state index in [-0.39, 0.29) is 13.2 Å². The molecular weight excluding hydrogens is 566 g/mol. The van der Waals surface area contributed by atoms with Crippen molar-refractivity contribution < 1.29 is 28.5 Å². The Morgan fingerprint density at radius 1 is 0.769 bits per heavy atom. The molecule has 0 saturated heterocycles. The Hall–Kier alpha value is -1.56. The lowest BCUT2D eigenvalue weighted by Crippen LogP contribution is -2.14. The number of rotatable bonds is 7. The topological polar surface area (TPSA) is 71.1 Å². The van der Waals surface area contributed by atoms with Crippen molar-refractivity contribution in [3.63, 3.8) is 0 Å². The van der Waals surface area contributed by atoms with Crippen molar-refractivity contribution >= 4 is 57.1 Å². The zero-order chi connectivity index (χ0) is 19.1. The van der Waals surface area contributed by atoms with Gasteiger partial charge in [0, 0.05) is 0 Å². The van der Waals surface area contributed by atoms with Gasteiger partial charge in [-0.15, -0.1) is 0 Å². The van der Waals surface area contributed by atoms with Crippen LogP contribution < -0.4 is 9.47 Å². The van der Waals surface area contributed by atoms with E-state index in [1.807, 2.05) is 0 Å². The average Bonchev–Trinajstić information content (AvgIpc) is 2.64. The summed E-state index contributed by atoms with van der Waals surface area (Å²) in [5, 5.41) is 0. The molecule has 0 heterocycles. The largest absolute Gasteiger partial charge is 0.496 e. The minimum atomic E-state index is -0.486. The van der Waals surface area contributed by atoms with E-state index in [1.54, 1.807) is 50.6 Å². The maximum Gasteiger partial charge on any atom is 0.338 e. The Kier molecular flexibility index (Phi) is 7.94. The van der Waals surface area contributed by atoms with Crippen LogP contribution in [-0.4, -0.2) is 39.4 Å². The van der Waals surface area contributed by atoms with Crippen molar-refractivity contribution in [1.29, 1.82) is 0 Å². The van der Waals surface area contributed by atoms with Gasteiger partial charge in [-0.05, 0) is 81.6 Å². The van der Waals surface area contributed by atoms with E-state index in [0.717, 1.165) is 7.14 Å². The zero-order valence-electron chi connectivity index (χ0n) is 14.1. The normalized spacial score (nSPS) is 10.2. The molecule has 8 heteroatoms. The van der Waals surface area contributed by atoms with Gasteiger partial charge in [-0.25, -0.2) is 9.59 Å². The van der Waals surface area contributed by atoms with Gasteiger partial charge in [0.25, 0.3) is 0 Å². The summed E-state index contributed by atoms with van der Waals surface area (Å²) in [4.78, 5) is 24.0. The van der Waals surface area contributed by atoms with E-state index in [0.29, 0.717) is 22.6 Å². The first-order valence-electron chi connectivity index (χ1n) is 7.47. The second-order valence-electron chi connectivity index (χ2n) is 4.97. The molecule has 0 aliphatic carbocycles. The van der Waals surface area contributed by atoms with Crippen LogP contribution in [0.2, 0.25) is 0 Å². The van der Waals surface area contributed by atoms with Gasteiger partial charge >= 0.3 is 11.9 Å². The summed E-state index contributed by atoms with van der Waals surface area (Å²) in [5.41, 5.74) is 0.817. The molecule has 0 atom stereocenters. The molecule has 0 amide bonds. The molecule has 2 rings (SSSR count). The maximum absolute atomic E-state index is 12.0. The summed E-state index contributed by atoms with van der Waals surface area (Å²) < 4.78 is 22.1. The lowest BCUT2D eigenvalue weighted by molar-refractivity contribution is 0.0265. The molecule has 2 aromatic carbocycles. The highest BCUT2D eigenvalue weighted by molar-refractivity contribution is 14.1. The third kappa shape index (κ3) is 5.47. The fourth-order valence-electron chi connectivity index (χ4n) is 2.02. The first-order chi connectivity index (χ1) is 12.5. The molecule has 0 saturated carbocycles. The van der Waals surface area contributed by atoms with Crippen molar-refractivity contribution in [2.45, 2.75) is 0 Å². The molecule has 26 heavy (non-hydrogen) atoms. The number of halogens is 2. The van der Waals surface area contributed by atoms with Crippen LogP contribution in [0.15, 0.2) is 36.4 Å². The third-order valence-electron chi connectivity index (χ3n) is 3.32. The van der Waals surface area contributed by atoms with Crippen molar-refractivity contribution in [2.24, 2.45) is 0 Å². The molecule has 0 fully saturated rings. The molecule has 0 aliphatic heterocycles. The van der Waals surface area contributed by atoms with E-state index < -0.39 is 11.9 Å². The number of ether oxygens (including phenoxy) is 4. The quantitative estimate of drug-likeness (QED) is 0.280. The summed E-state index contributed by atoms with van der Waals surface area (Å²) in [6.07, 6.45) is 0. The Morgan fingerprint density at radius 3 is 1.46 bits per heavy atom. The van der Waals surface area contributed by atoms with Gasteiger partial charge in [-0.3, -0.25) is 0 Å². The van der Waals surface area contributed by atoms with Crippen LogP contribution in [0.25, 0.3) is 0 Å². The van der Waals surface area contributed by atoms with Gasteiger partial charge in [0.1, 0.15) is 24.7 Å². The van der Waals surface area contributed by atoms with E-state index in [4.69, 9.17) is 18.9 Å². The molecule has 6 nitrogen and oxygen atoms in total. The highest BCUT2D eigenvalue weighted by Gasteiger charge is 2.12. The first kappa shape index (κ1) is 20.7. The molecule has 138 valence electrons. The number of esters is 2. The van der Waals surface area contributed by atoms with Gasteiger partial charge in [-0.1, -0.05) is 0 Å². The molecule has 0 aromatic heterocycles.